The third kappa shape index (κ3) is 4.59. The number of para-hydroxylation sites is 1. The van der Waals surface area contributed by atoms with Crippen molar-refractivity contribution >= 4 is 34.8 Å². The van der Waals surface area contributed by atoms with E-state index in [9.17, 15) is 9.59 Å². The zero-order chi connectivity index (χ0) is 22.0. The Morgan fingerprint density at radius 3 is 2.81 bits per heavy atom. The van der Waals surface area contributed by atoms with Gasteiger partial charge in [0.1, 0.15) is 0 Å². The van der Waals surface area contributed by atoms with E-state index in [1.807, 2.05) is 25.1 Å². The summed E-state index contributed by atoms with van der Waals surface area (Å²) in [4.78, 5) is 27.2. The maximum Gasteiger partial charge on any atom is 0.287 e. The first-order chi connectivity index (χ1) is 14.9. The number of aryl methyl sites for hydroxylation is 1. The predicted molar refractivity (Wildman–Crippen MR) is 122 cm³/mol. The highest BCUT2D eigenvalue weighted by molar-refractivity contribution is 6.33. The number of halogens is 1. The number of amides is 2. The van der Waals surface area contributed by atoms with Crippen molar-refractivity contribution in [1.29, 1.82) is 0 Å². The molecule has 2 heterocycles. The van der Waals surface area contributed by atoms with Gasteiger partial charge in [0, 0.05) is 23.8 Å². The Bertz CT molecular complexity index is 1120. The molecule has 1 aliphatic rings. The quantitative estimate of drug-likeness (QED) is 0.592. The maximum atomic E-state index is 12.7. The van der Waals surface area contributed by atoms with Gasteiger partial charge in [-0.15, -0.1) is 0 Å². The molecule has 160 valence electrons. The largest absolute Gasteiger partial charge is 0.459 e. The summed E-state index contributed by atoms with van der Waals surface area (Å²) in [5.74, 6) is -0.572. The van der Waals surface area contributed by atoms with Crippen molar-refractivity contribution in [3.8, 4) is 0 Å². The zero-order valence-electron chi connectivity index (χ0n) is 17.4. The second-order valence-corrected chi connectivity index (χ2v) is 8.21. The fourth-order valence-corrected chi connectivity index (χ4v) is 4.15. The van der Waals surface area contributed by atoms with E-state index >= 15 is 0 Å². The molecule has 0 aliphatic carbocycles. The lowest BCUT2D eigenvalue weighted by molar-refractivity contribution is -0.115. The zero-order valence-corrected chi connectivity index (χ0v) is 18.2. The van der Waals surface area contributed by atoms with Crippen LogP contribution in [0.5, 0.6) is 0 Å². The van der Waals surface area contributed by atoms with Crippen LogP contribution in [0.2, 0.25) is 5.02 Å². The fraction of sp³-hybridized carbons (Fsp3) is 0.250. The molecule has 4 rings (SSSR count). The standard InChI is InChI=1S/C24H24ClN3O3/c1-15-7-8-20(19(25)11-15)27-22(29)13-26-24(30)23-18(9-10-31-23)14-28-16(2)12-17-5-3-4-6-21(17)28/h3-11,16H,12-14H2,1-2H3,(H,26,30)(H,27,29). The second-order valence-electron chi connectivity index (χ2n) is 7.80. The summed E-state index contributed by atoms with van der Waals surface area (Å²) in [6, 6.07) is 15.8. The Balaban J connectivity index is 1.38. The first kappa shape index (κ1) is 21.0. The Labute approximate surface area is 186 Å². The van der Waals surface area contributed by atoms with Gasteiger partial charge in [-0.3, -0.25) is 9.59 Å². The number of carbonyl (C=O) groups is 2. The summed E-state index contributed by atoms with van der Waals surface area (Å²) in [5.41, 5.74) is 4.76. The first-order valence-electron chi connectivity index (χ1n) is 10.2. The van der Waals surface area contributed by atoms with Gasteiger partial charge < -0.3 is 20.0 Å². The third-order valence-electron chi connectivity index (χ3n) is 5.45. The van der Waals surface area contributed by atoms with Crippen molar-refractivity contribution in [1.82, 2.24) is 5.32 Å². The number of nitrogens with one attached hydrogen (secondary N) is 2. The molecule has 2 amide bonds. The summed E-state index contributed by atoms with van der Waals surface area (Å²) < 4.78 is 5.45. The summed E-state index contributed by atoms with van der Waals surface area (Å²) in [7, 11) is 0. The van der Waals surface area contributed by atoms with E-state index in [2.05, 4.69) is 34.6 Å². The molecule has 3 aromatic rings. The van der Waals surface area contributed by atoms with Crippen LogP contribution in [0.3, 0.4) is 0 Å². The van der Waals surface area contributed by atoms with Crippen LogP contribution in [0.1, 0.15) is 34.2 Å². The number of rotatable bonds is 6. The van der Waals surface area contributed by atoms with E-state index < -0.39 is 5.91 Å². The lowest BCUT2D eigenvalue weighted by Crippen LogP contribution is -2.34. The number of carbonyl (C=O) groups excluding carboxylic acids is 2. The molecule has 6 nitrogen and oxygen atoms in total. The van der Waals surface area contributed by atoms with E-state index in [0.717, 1.165) is 17.5 Å². The highest BCUT2D eigenvalue weighted by Crippen LogP contribution is 2.33. The Kier molecular flexibility index (Phi) is 6.00. The predicted octanol–water partition coefficient (Wildman–Crippen LogP) is 4.56. The molecule has 7 heteroatoms. The van der Waals surface area contributed by atoms with E-state index in [-0.39, 0.29) is 18.2 Å². The normalized spacial score (nSPS) is 14.9. The minimum absolute atomic E-state index is 0.188. The lowest BCUT2D eigenvalue weighted by Gasteiger charge is -2.24. The van der Waals surface area contributed by atoms with Gasteiger partial charge in [0.15, 0.2) is 5.76 Å². The summed E-state index contributed by atoms with van der Waals surface area (Å²) >= 11 is 6.15. The molecule has 0 fully saturated rings. The topological polar surface area (TPSA) is 74.6 Å². The number of nitrogens with zero attached hydrogens (tertiary/aromatic N) is 1. The molecule has 1 aromatic heterocycles. The minimum atomic E-state index is -0.426. The second kappa shape index (κ2) is 8.86. The number of hydrogen-bond acceptors (Lipinski definition) is 4. The van der Waals surface area contributed by atoms with Crippen molar-refractivity contribution in [3.05, 3.63) is 82.3 Å². The fourth-order valence-electron chi connectivity index (χ4n) is 3.87. The highest BCUT2D eigenvalue weighted by Gasteiger charge is 2.27. The summed E-state index contributed by atoms with van der Waals surface area (Å²) in [6.07, 6.45) is 2.47. The van der Waals surface area contributed by atoms with Gasteiger partial charge in [-0.1, -0.05) is 35.9 Å². The molecule has 0 radical (unpaired) electrons. The number of fused-ring (bicyclic) bond motifs is 1. The Hall–Kier alpha value is -3.25. The van der Waals surface area contributed by atoms with Crippen molar-refractivity contribution in [2.24, 2.45) is 0 Å². The molecule has 0 bridgehead atoms. The van der Waals surface area contributed by atoms with E-state index in [0.29, 0.717) is 23.3 Å². The minimum Gasteiger partial charge on any atom is -0.459 e. The third-order valence-corrected chi connectivity index (χ3v) is 5.76. The molecule has 0 saturated carbocycles. The lowest BCUT2D eigenvalue weighted by atomic mass is 10.1. The van der Waals surface area contributed by atoms with E-state index in [1.165, 1.54) is 17.5 Å². The van der Waals surface area contributed by atoms with Crippen molar-refractivity contribution in [3.63, 3.8) is 0 Å². The number of furan rings is 1. The van der Waals surface area contributed by atoms with E-state index in [4.69, 9.17) is 16.0 Å². The van der Waals surface area contributed by atoms with Crippen LogP contribution >= 0.6 is 11.6 Å². The van der Waals surface area contributed by atoms with Crippen LogP contribution in [0.4, 0.5) is 11.4 Å². The van der Waals surface area contributed by atoms with Crippen molar-refractivity contribution in [2.45, 2.75) is 32.9 Å². The molecule has 2 aromatic carbocycles. The number of anilines is 2. The van der Waals surface area contributed by atoms with Gasteiger partial charge in [0.2, 0.25) is 5.91 Å². The van der Waals surface area contributed by atoms with Gasteiger partial charge in [-0.05, 0) is 55.7 Å². The number of benzene rings is 2. The van der Waals surface area contributed by atoms with Gasteiger partial charge >= 0.3 is 0 Å². The average molecular weight is 438 g/mol. The highest BCUT2D eigenvalue weighted by atomic mass is 35.5. The van der Waals surface area contributed by atoms with Crippen LogP contribution < -0.4 is 15.5 Å². The summed E-state index contributed by atoms with van der Waals surface area (Å²) in [5, 5.41) is 5.78. The van der Waals surface area contributed by atoms with Crippen LogP contribution in [-0.2, 0) is 17.8 Å². The smallest absolute Gasteiger partial charge is 0.287 e. The Morgan fingerprint density at radius 1 is 1.19 bits per heavy atom. The first-order valence-corrected chi connectivity index (χ1v) is 10.6. The molecule has 0 spiro atoms. The van der Waals surface area contributed by atoms with Crippen LogP contribution in [0.15, 0.2) is 59.2 Å². The van der Waals surface area contributed by atoms with Crippen LogP contribution in [0, 0.1) is 6.92 Å². The molecule has 1 unspecified atom stereocenters. The molecule has 31 heavy (non-hydrogen) atoms. The monoisotopic (exact) mass is 437 g/mol. The molecule has 2 N–H and O–H groups in total. The van der Waals surface area contributed by atoms with Crippen molar-refractivity contribution in [2.75, 3.05) is 16.8 Å². The van der Waals surface area contributed by atoms with Gasteiger partial charge in [0.05, 0.1) is 23.5 Å². The molecule has 1 atom stereocenters. The summed E-state index contributed by atoms with van der Waals surface area (Å²) in [6.45, 7) is 4.45. The van der Waals surface area contributed by atoms with Gasteiger partial charge in [-0.2, -0.15) is 0 Å². The van der Waals surface area contributed by atoms with Crippen LogP contribution in [0.25, 0.3) is 0 Å². The molecular formula is C24H24ClN3O3. The molecule has 0 saturated heterocycles. The maximum absolute atomic E-state index is 12.7. The van der Waals surface area contributed by atoms with Crippen molar-refractivity contribution < 1.29 is 14.0 Å². The average Bonchev–Trinajstić information content (AvgIpc) is 3.33. The van der Waals surface area contributed by atoms with Gasteiger partial charge in [0.25, 0.3) is 5.91 Å². The van der Waals surface area contributed by atoms with Crippen LogP contribution in [-0.4, -0.2) is 24.4 Å². The Morgan fingerprint density at radius 2 is 2.00 bits per heavy atom. The molecular weight excluding hydrogens is 414 g/mol. The van der Waals surface area contributed by atoms with Gasteiger partial charge in [-0.25, -0.2) is 0 Å². The van der Waals surface area contributed by atoms with E-state index in [1.54, 1.807) is 18.2 Å². The number of hydrogen-bond donors (Lipinski definition) is 2. The molecule has 1 aliphatic heterocycles. The SMILES string of the molecule is Cc1ccc(NC(=O)CNC(=O)c2occc2CN2c3ccccc3CC2C)c(Cl)c1.